The van der Waals surface area contributed by atoms with Crippen molar-refractivity contribution in [2.75, 3.05) is 0 Å². The van der Waals surface area contributed by atoms with Crippen LogP contribution >= 0.6 is 0 Å². The van der Waals surface area contributed by atoms with Crippen molar-refractivity contribution in [3.8, 4) is 0 Å². The molecule has 0 aliphatic carbocycles. The van der Waals surface area contributed by atoms with Crippen LogP contribution < -0.4 is 0 Å². The quantitative estimate of drug-likeness (QED) is 0.670. The van der Waals surface area contributed by atoms with E-state index in [9.17, 15) is 14.3 Å². The third kappa shape index (κ3) is 3.07. The molecule has 0 heterocycles. The largest absolute Gasteiger partial charge is 0.478 e. The molecule has 0 saturated heterocycles. The van der Waals surface area contributed by atoms with Crippen LogP contribution in [0.2, 0.25) is 0 Å². The van der Waals surface area contributed by atoms with E-state index in [0.29, 0.717) is 16.7 Å². The number of hydrogen-bond acceptors (Lipinski definition) is 1. The maximum Gasteiger partial charge on any atom is 0.336 e. The second-order valence-electron chi connectivity index (χ2n) is 4.24. The number of aliphatic carboxylic acids is 1. The van der Waals surface area contributed by atoms with Gasteiger partial charge in [-0.25, -0.2) is 9.18 Å². The first-order valence-corrected chi connectivity index (χ1v) is 5.84. The highest BCUT2D eigenvalue weighted by Gasteiger charge is 2.10. The third-order valence-electron chi connectivity index (χ3n) is 2.81. The van der Waals surface area contributed by atoms with Gasteiger partial charge in [0.25, 0.3) is 0 Å². The minimum absolute atomic E-state index is 0.187. The van der Waals surface area contributed by atoms with Crippen LogP contribution in [0.15, 0.2) is 48.5 Å². The zero-order chi connectivity index (χ0) is 13.8. The van der Waals surface area contributed by atoms with Crippen LogP contribution in [0.1, 0.15) is 16.7 Å². The van der Waals surface area contributed by atoms with Crippen molar-refractivity contribution in [1.29, 1.82) is 0 Å². The zero-order valence-electron chi connectivity index (χ0n) is 10.4. The number of carbonyl (C=O) groups is 1. The van der Waals surface area contributed by atoms with E-state index in [2.05, 4.69) is 0 Å². The number of aryl methyl sites for hydroxylation is 1. The van der Waals surface area contributed by atoms with Crippen LogP contribution in [0.4, 0.5) is 4.39 Å². The third-order valence-corrected chi connectivity index (χ3v) is 2.81. The molecule has 0 radical (unpaired) electrons. The van der Waals surface area contributed by atoms with Crippen LogP contribution in [-0.2, 0) is 4.79 Å². The van der Waals surface area contributed by atoms with Crippen molar-refractivity contribution in [2.24, 2.45) is 0 Å². The van der Waals surface area contributed by atoms with Gasteiger partial charge in [0.1, 0.15) is 5.82 Å². The number of rotatable bonds is 3. The highest BCUT2D eigenvalue weighted by Crippen LogP contribution is 2.19. The Morgan fingerprint density at radius 1 is 1.16 bits per heavy atom. The van der Waals surface area contributed by atoms with E-state index in [0.717, 1.165) is 0 Å². The summed E-state index contributed by atoms with van der Waals surface area (Å²) >= 11 is 0. The molecular weight excluding hydrogens is 243 g/mol. The summed E-state index contributed by atoms with van der Waals surface area (Å²) < 4.78 is 13.2. The first-order valence-electron chi connectivity index (χ1n) is 5.84. The van der Waals surface area contributed by atoms with Gasteiger partial charge >= 0.3 is 5.97 Å². The van der Waals surface area contributed by atoms with Crippen LogP contribution in [0, 0.1) is 12.7 Å². The van der Waals surface area contributed by atoms with Gasteiger partial charge in [0.2, 0.25) is 0 Å². The van der Waals surface area contributed by atoms with Gasteiger partial charge in [-0.1, -0.05) is 36.4 Å². The SMILES string of the molecule is Cc1cc(C=C(C(=O)O)c2ccccc2)ccc1F. The van der Waals surface area contributed by atoms with Crippen molar-refractivity contribution in [3.63, 3.8) is 0 Å². The Labute approximate surface area is 110 Å². The Hall–Kier alpha value is -2.42. The first kappa shape index (κ1) is 13.0. The maximum absolute atomic E-state index is 13.2. The molecular formula is C16H13FO2. The molecule has 0 bridgehead atoms. The van der Waals surface area contributed by atoms with Crippen LogP contribution in [-0.4, -0.2) is 11.1 Å². The van der Waals surface area contributed by atoms with Crippen LogP contribution in [0.25, 0.3) is 11.6 Å². The van der Waals surface area contributed by atoms with E-state index in [-0.39, 0.29) is 11.4 Å². The summed E-state index contributed by atoms with van der Waals surface area (Å²) in [7, 11) is 0. The summed E-state index contributed by atoms with van der Waals surface area (Å²) in [5, 5.41) is 9.27. The molecule has 3 heteroatoms. The second kappa shape index (κ2) is 5.48. The van der Waals surface area contributed by atoms with Gasteiger partial charge in [0.15, 0.2) is 0 Å². The van der Waals surface area contributed by atoms with Gasteiger partial charge in [-0.3, -0.25) is 0 Å². The van der Waals surface area contributed by atoms with E-state index in [1.165, 1.54) is 6.07 Å². The molecule has 0 amide bonds. The van der Waals surface area contributed by atoms with Gasteiger partial charge in [-0.2, -0.15) is 0 Å². The lowest BCUT2D eigenvalue weighted by Gasteiger charge is -2.04. The number of benzene rings is 2. The summed E-state index contributed by atoms with van der Waals surface area (Å²) in [6, 6.07) is 13.4. The molecule has 2 aromatic rings. The van der Waals surface area contributed by atoms with Gasteiger partial charge in [0.05, 0.1) is 5.57 Å². The molecule has 0 spiro atoms. The highest BCUT2D eigenvalue weighted by atomic mass is 19.1. The molecule has 1 N–H and O–H groups in total. The van der Waals surface area contributed by atoms with Gasteiger partial charge in [-0.05, 0) is 41.8 Å². The molecule has 0 saturated carbocycles. The summed E-state index contributed by atoms with van der Waals surface area (Å²) in [4.78, 5) is 11.3. The van der Waals surface area contributed by atoms with E-state index in [4.69, 9.17) is 0 Å². The van der Waals surface area contributed by atoms with E-state index in [1.807, 2.05) is 6.07 Å². The monoisotopic (exact) mass is 256 g/mol. The van der Waals surface area contributed by atoms with Gasteiger partial charge < -0.3 is 5.11 Å². The van der Waals surface area contributed by atoms with E-state index >= 15 is 0 Å². The Kier molecular flexibility index (Phi) is 3.76. The highest BCUT2D eigenvalue weighted by molar-refractivity contribution is 6.20. The number of carboxylic acids is 1. The predicted molar refractivity (Wildman–Crippen MR) is 73.1 cm³/mol. The van der Waals surface area contributed by atoms with E-state index in [1.54, 1.807) is 49.4 Å². The average Bonchev–Trinajstić information content (AvgIpc) is 2.40. The lowest BCUT2D eigenvalue weighted by Crippen LogP contribution is -1.99. The van der Waals surface area contributed by atoms with Crippen molar-refractivity contribution < 1.29 is 14.3 Å². The molecule has 2 aromatic carbocycles. The maximum atomic E-state index is 13.2. The van der Waals surface area contributed by atoms with Crippen molar-refractivity contribution in [3.05, 3.63) is 71.0 Å². The number of hydrogen-bond donors (Lipinski definition) is 1. The number of carboxylic acid groups (broad SMARTS) is 1. The summed E-state index contributed by atoms with van der Waals surface area (Å²) in [6.07, 6.45) is 1.55. The Morgan fingerprint density at radius 3 is 2.42 bits per heavy atom. The van der Waals surface area contributed by atoms with Crippen LogP contribution in [0.5, 0.6) is 0 Å². The lowest BCUT2D eigenvalue weighted by molar-refractivity contribution is -0.130. The molecule has 96 valence electrons. The summed E-state index contributed by atoms with van der Waals surface area (Å²) in [5.74, 6) is -1.30. The average molecular weight is 256 g/mol. The molecule has 0 fully saturated rings. The minimum Gasteiger partial charge on any atom is -0.478 e. The molecule has 2 nitrogen and oxygen atoms in total. The minimum atomic E-state index is -1.01. The summed E-state index contributed by atoms with van der Waals surface area (Å²) in [6.45, 7) is 1.65. The normalized spacial score (nSPS) is 11.4. The lowest BCUT2D eigenvalue weighted by atomic mass is 10.0. The fourth-order valence-corrected chi connectivity index (χ4v) is 1.81. The molecule has 0 aliphatic heterocycles. The second-order valence-corrected chi connectivity index (χ2v) is 4.24. The zero-order valence-corrected chi connectivity index (χ0v) is 10.4. The Bertz CT molecular complexity index is 630. The van der Waals surface area contributed by atoms with Crippen LogP contribution in [0.3, 0.4) is 0 Å². The van der Waals surface area contributed by atoms with Gasteiger partial charge in [0, 0.05) is 0 Å². The van der Waals surface area contributed by atoms with Gasteiger partial charge in [-0.15, -0.1) is 0 Å². The fraction of sp³-hybridized carbons (Fsp3) is 0.0625. The smallest absolute Gasteiger partial charge is 0.336 e. The molecule has 0 unspecified atom stereocenters. The predicted octanol–water partition coefficient (Wildman–Crippen LogP) is 3.76. The van der Waals surface area contributed by atoms with Crippen molar-refractivity contribution >= 4 is 17.6 Å². The van der Waals surface area contributed by atoms with Crippen molar-refractivity contribution in [1.82, 2.24) is 0 Å². The Morgan fingerprint density at radius 2 is 1.84 bits per heavy atom. The standard InChI is InChI=1S/C16H13FO2/c1-11-9-12(7-8-15(11)17)10-14(16(18)19)13-5-3-2-4-6-13/h2-10H,1H3,(H,18,19). The van der Waals surface area contributed by atoms with E-state index < -0.39 is 5.97 Å². The number of halogens is 1. The molecule has 19 heavy (non-hydrogen) atoms. The Balaban J connectivity index is 2.47. The molecule has 2 rings (SSSR count). The first-order chi connectivity index (χ1) is 9.08. The summed E-state index contributed by atoms with van der Waals surface area (Å²) in [5.41, 5.74) is 1.97. The molecule has 0 aliphatic rings. The topological polar surface area (TPSA) is 37.3 Å². The molecule has 0 aromatic heterocycles. The van der Waals surface area contributed by atoms with Crippen molar-refractivity contribution in [2.45, 2.75) is 6.92 Å². The fourth-order valence-electron chi connectivity index (χ4n) is 1.81. The molecule has 0 atom stereocenters.